The minimum Gasteiger partial charge on any atom is -0.489 e. The highest BCUT2D eigenvalue weighted by Crippen LogP contribution is 2.47. The zero-order chi connectivity index (χ0) is 28.3. The fourth-order valence-corrected chi connectivity index (χ4v) is 5.38. The molecule has 0 saturated heterocycles. The van der Waals surface area contributed by atoms with Crippen LogP contribution in [0, 0.1) is 34.0 Å². The van der Waals surface area contributed by atoms with Gasteiger partial charge < -0.3 is 14.2 Å². The van der Waals surface area contributed by atoms with Crippen LogP contribution in [0.2, 0.25) is 0 Å². The van der Waals surface area contributed by atoms with Crippen LogP contribution in [-0.4, -0.2) is 18.8 Å². The second-order valence-electron chi connectivity index (χ2n) is 9.70. The Bertz CT molecular complexity index is 1350. The van der Waals surface area contributed by atoms with Crippen LogP contribution in [0.15, 0.2) is 52.8 Å². The Balaban J connectivity index is 2.03. The number of benzene rings is 1. The molecule has 0 saturated carbocycles. The van der Waals surface area contributed by atoms with Crippen LogP contribution < -0.4 is 9.47 Å². The number of nitrogens with zero attached hydrogens (tertiary/aromatic N) is 3. The fraction of sp³-hybridized carbons (Fsp3) is 0.406. The maximum absolute atomic E-state index is 9.93. The third-order valence-corrected chi connectivity index (χ3v) is 7.59. The number of ether oxygens (including phenoxy) is 3. The van der Waals surface area contributed by atoms with Crippen LogP contribution >= 0.6 is 11.3 Å². The number of unbranched alkanes of at least 4 members (excludes halogenated alkanes) is 2. The highest BCUT2D eigenvalue weighted by molar-refractivity contribution is 7.13. The minimum atomic E-state index is -0.809. The molecule has 0 unspecified atom stereocenters. The second kappa shape index (κ2) is 14.2. The Morgan fingerprint density at radius 2 is 1.56 bits per heavy atom. The maximum Gasteiger partial charge on any atom is 0.179 e. The van der Waals surface area contributed by atoms with Gasteiger partial charge in [-0.2, -0.15) is 15.8 Å². The molecule has 1 aromatic heterocycles. The monoisotopic (exact) mass is 541 g/mol. The average Bonchev–Trinajstić information content (AvgIpc) is 3.40. The molecule has 1 aliphatic rings. The lowest BCUT2D eigenvalue weighted by Gasteiger charge is -2.22. The zero-order valence-corrected chi connectivity index (χ0v) is 24.0. The minimum absolute atomic E-state index is 0.0724. The van der Waals surface area contributed by atoms with Gasteiger partial charge in [0.2, 0.25) is 0 Å². The third-order valence-electron chi connectivity index (χ3n) is 6.41. The van der Waals surface area contributed by atoms with E-state index < -0.39 is 5.60 Å². The SMILES string of the molecule is CCCCOc1c(/C=C/c2ccccc2)sc(CCC2=C(C#N)C(=C(C#N)C#N)OC2(C)C)c1OCCCC. The van der Waals surface area contributed by atoms with Crippen molar-refractivity contribution in [1.29, 1.82) is 15.8 Å². The van der Waals surface area contributed by atoms with Crippen LogP contribution in [-0.2, 0) is 11.2 Å². The Labute approximate surface area is 236 Å². The number of nitriles is 3. The summed E-state index contributed by atoms with van der Waals surface area (Å²) in [6, 6.07) is 16.0. The van der Waals surface area contributed by atoms with Gasteiger partial charge in [0.05, 0.1) is 28.5 Å². The number of rotatable bonds is 13. The van der Waals surface area contributed by atoms with Crippen LogP contribution in [0.25, 0.3) is 12.2 Å². The highest BCUT2D eigenvalue weighted by Gasteiger charge is 2.39. The number of aryl methyl sites for hydroxylation is 1. The standard InChI is InChI=1S/C32H35N3O3S/c1-5-7-18-36-30-27(16-14-23-12-10-9-11-13-23)39-28(31(30)37-19-8-6-2)17-15-26-25(22-35)29(24(20-33)21-34)38-32(26,3)4/h9-14,16H,5-8,15,17-19H2,1-4H3/b16-14+. The van der Waals surface area contributed by atoms with E-state index in [-0.39, 0.29) is 16.9 Å². The molecule has 39 heavy (non-hydrogen) atoms. The van der Waals surface area contributed by atoms with Crippen LogP contribution in [0.4, 0.5) is 0 Å². The maximum atomic E-state index is 9.93. The van der Waals surface area contributed by atoms with Gasteiger partial charge in [0.25, 0.3) is 0 Å². The molecule has 0 amide bonds. The summed E-state index contributed by atoms with van der Waals surface area (Å²) in [6.45, 7) is 9.18. The summed E-state index contributed by atoms with van der Waals surface area (Å²) >= 11 is 1.63. The molecule has 2 aromatic rings. The molecule has 1 aromatic carbocycles. The van der Waals surface area contributed by atoms with Gasteiger partial charge in [-0.05, 0) is 56.7 Å². The van der Waals surface area contributed by atoms with Gasteiger partial charge in [-0.25, -0.2) is 0 Å². The first-order chi connectivity index (χ1) is 18.9. The van der Waals surface area contributed by atoms with E-state index in [4.69, 9.17) is 14.2 Å². The molecule has 2 heterocycles. The second-order valence-corrected chi connectivity index (χ2v) is 10.8. The summed E-state index contributed by atoms with van der Waals surface area (Å²) in [5, 5.41) is 28.7. The third kappa shape index (κ3) is 7.32. The summed E-state index contributed by atoms with van der Waals surface area (Å²) in [6.07, 6.45) is 9.20. The Morgan fingerprint density at radius 3 is 2.15 bits per heavy atom. The lowest BCUT2D eigenvalue weighted by atomic mass is 9.91. The van der Waals surface area contributed by atoms with E-state index in [9.17, 15) is 15.8 Å². The Morgan fingerprint density at radius 1 is 0.923 bits per heavy atom. The molecule has 0 atom stereocenters. The van der Waals surface area contributed by atoms with Gasteiger partial charge in [-0.1, -0.05) is 63.1 Å². The molecule has 7 heteroatoms. The largest absolute Gasteiger partial charge is 0.489 e. The van der Waals surface area contributed by atoms with E-state index in [2.05, 4.69) is 44.2 Å². The van der Waals surface area contributed by atoms with Crippen molar-refractivity contribution in [2.45, 2.75) is 71.8 Å². The molecule has 0 bridgehead atoms. The molecule has 1 aliphatic heterocycles. The lowest BCUT2D eigenvalue weighted by Crippen LogP contribution is -2.22. The first kappa shape index (κ1) is 29.6. The molecule has 0 spiro atoms. The van der Waals surface area contributed by atoms with Crippen molar-refractivity contribution in [3.8, 4) is 29.7 Å². The molecule has 3 rings (SSSR count). The normalized spacial score (nSPS) is 14.0. The number of hydrogen-bond acceptors (Lipinski definition) is 7. The van der Waals surface area contributed by atoms with Crippen LogP contribution in [0.1, 0.15) is 75.1 Å². The average molecular weight is 542 g/mol. The van der Waals surface area contributed by atoms with E-state index in [1.54, 1.807) is 11.3 Å². The Kier molecular flexibility index (Phi) is 10.8. The molecule has 0 fully saturated rings. The predicted octanol–water partition coefficient (Wildman–Crippen LogP) is 8.14. The summed E-state index contributed by atoms with van der Waals surface area (Å²) in [4.78, 5) is 2.02. The van der Waals surface area contributed by atoms with Gasteiger partial charge in [-0.3, -0.25) is 0 Å². The number of allylic oxidation sites excluding steroid dienone is 2. The summed E-state index contributed by atoms with van der Waals surface area (Å²) in [7, 11) is 0. The summed E-state index contributed by atoms with van der Waals surface area (Å²) in [5.41, 5.74) is 1.14. The van der Waals surface area contributed by atoms with Crippen molar-refractivity contribution in [3.05, 3.63) is 68.1 Å². The summed E-state index contributed by atoms with van der Waals surface area (Å²) in [5.74, 6) is 1.60. The molecule has 0 aliphatic carbocycles. The highest BCUT2D eigenvalue weighted by atomic mass is 32.1. The van der Waals surface area contributed by atoms with Crippen molar-refractivity contribution < 1.29 is 14.2 Å². The van der Waals surface area contributed by atoms with Gasteiger partial charge >= 0.3 is 0 Å². The van der Waals surface area contributed by atoms with Gasteiger partial charge in [-0.15, -0.1) is 11.3 Å². The topological polar surface area (TPSA) is 99.1 Å². The molecule has 0 N–H and O–H groups in total. The van der Waals surface area contributed by atoms with Crippen molar-refractivity contribution >= 4 is 23.5 Å². The molecule has 0 radical (unpaired) electrons. The molecular weight excluding hydrogens is 506 g/mol. The van der Waals surface area contributed by atoms with E-state index in [1.165, 1.54) is 0 Å². The predicted molar refractivity (Wildman–Crippen MR) is 155 cm³/mol. The van der Waals surface area contributed by atoms with E-state index in [1.807, 2.05) is 44.2 Å². The quantitative estimate of drug-likeness (QED) is 0.187. The summed E-state index contributed by atoms with van der Waals surface area (Å²) < 4.78 is 18.6. The first-order valence-corrected chi connectivity index (χ1v) is 14.2. The molecule has 202 valence electrons. The van der Waals surface area contributed by atoms with Crippen LogP contribution in [0.3, 0.4) is 0 Å². The van der Waals surface area contributed by atoms with Crippen molar-refractivity contribution in [2.75, 3.05) is 13.2 Å². The number of thiophene rings is 1. The van der Waals surface area contributed by atoms with Gasteiger partial charge in [0, 0.05) is 0 Å². The van der Waals surface area contributed by atoms with Crippen molar-refractivity contribution in [1.82, 2.24) is 0 Å². The van der Waals surface area contributed by atoms with E-state index in [0.717, 1.165) is 58.1 Å². The first-order valence-electron chi connectivity index (χ1n) is 13.4. The molecular formula is C32H35N3O3S. The Hall–Kier alpha value is -3.99. The lowest BCUT2D eigenvalue weighted by molar-refractivity contribution is 0.0901. The van der Waals surface area contributed by atoms with Gasteiger partial charge in [0.1, 0.15) is 23.8 Å². The van der Waals surface area contributed by atoms with Gasteiger partial charge in [0.15, 0.2) is 22.8 Å². The smallest absolute Gasteiger partial charge is 0.179 e. The molecule has 6 nitrogen and oxygen atoms in total. The van der Waals surface area contributed by atoms with Crippen molar-refractivity contribution in [2.24, 2.45) is 0 Å². The van der Waals surface area contributed by atoms with E-state index >= 15 is 0 Å². The van der Waals surface area contributed by atoms with Crippen LogP contribution in [0.5, 0.6) is 11.5 Å². The van der Waals surface area contributed by atoms with E-state index in [0.29, 0.717) is 26.1 Å². The van der Waals surface area contributed by atoms with Crippen molar-refractivity contribution in [3.63, 3.8) is 0 Å². The zero-order valence-electron chi connectivity index (χ0n) is 23.2. The fourth-order valence-electron chi connectivity index (χ4n) is 4.29. The number of hydrogen-bond donors (Lipinski definition) is 0.